The summed E-state index contributed by atoms with van der Waals surface area (Å²) in [6, 6.07) is -0.161. The molecule has 0 aliphatic carbocycles. The van der Waals surface area contributed by atoms with E-state index in [1.165, 1.54) is 11.4 Å². The van der Waals surface area contributed by atoms with Gasteiger partial charge in [0.1, 0.15) is 17.5 Å². The lowest BCUT2D eigenvalue weighted by atomic mass is 10.1. The third-order valence-corrected chi connectivity index (χ3v) is 4.55. The van der Waals surface area contributed by atoms with E-state index in [2.05, 4.69) is 0 Å². The zero-order chi connectivity index (χ0) is 17.3. The molecule has 1 rings (SSSR count). The van der Waals surface area contributed by atoms with Crippen molar-refractivity contribution in [2.75, 3.05) is 5.75 Å². The van der Waals surface area contributed by atoms with Gasteiger partial charge in [-0.15, -0.1) is 0 Å². The average Bonchev–Trinajstić information content (AvgIpc) is 2.29. The van der Waals surface area contributed by atoms with E-state index < -0.39 is 45.3 Å². The second kappa shape index (κ2) is 7.04. The lowest BCUT2D eigenvalue weighted by Gasteiger charge is -2.20. The van der Waals surface area contributed by atoms with Gasteiger partial charge in [-0.3, -0.25) is 9.35 Å². The van der Waals surface area contributed by atoms with Crippen LogP contribution in [0.5, 0.6) is 5.75 Å². The number of carbonyl (C=O) groups is 1. The Balaban J connectivity index is 3.12. The molecule has 22 heavy (non-hydrogen) atoms. The number of phenols is 1. The molecule has 0 aromatic heterocycles. The van der Waals surface area contributed by atoms with Crippen LogP contribution in [0.15, 0.2) is 12.1 Å². The summed E-state index contributed by atoms with van der Waals surface area (Å²) < 4.78 is 68.7. The summed E-state index contributed by atoms with van der Waals surface area (Å²) in [6.07, 6.45) is -5.09. The molecule has 1 aromatic carbocycles. The zero-order valence-corrected chi connectivity index (χ0v) is 15.5. The molecule has 0 bridgehead atoms. The van der Waals surface area contributed by atoms with Crippen molar-refractivity contribution in [2.45, 2.75) is 12.2 Å². The van der Waals surface area contributed by atoms with Gasteiger partial charge in [0.2, 0.25) is 0 Å². The minimum atomic E-state index is -5.09. The quantitative estimate of drug-likeness (QED) is 0.384. The standard InChI is InChI=1S/C10H8F3I2NO5S/c11-10(12,13)7(3-22(19,20)21)16-9(18)5-1-4(14)2-6(15)8(5)17/h1-2,7,17H,3H2,(H,16,18)(H,19,20,21). The fourth-order valence-corrected chi connectivity index (χ4v) is 3.94. The normalized spacial score (nSPS) is 13.7. The fourth-order valence-electron chi connectivity index (χ4n) is 1.40. The molecule has 1 amide bonds. The number of nitrogens with one attached hydrogen (secondary N) is 1. The van der Waals surface area contributed by atoms with Crippen LogP contribution in [0.4, 0.5) is 13.2 Å². The van der Waals surface area contributed by atoms with Crippen molar-refractivity contribution < 1.29 is 36.0 Å². The first kappa shape index (κ1) is 19.7. The molecule has 12 heteroatoms. The van der Waals surface area contributed by atoms with Crippen LogP contribution in [-0.4, -0.2) is 42.0 Å². The molecule has 3 N–H and O–H groups in total. The van der Waals surface area contributed by atoms with Crippen LogP contribution in [0.25, 0.3) is 0 Å². The zero-order valence-electron chi connectivity index (χ0n) is 10.4. The van der Waals surface area contributed by atoms with E-state index in [-0.39, 0.29) is 3.57 Å². The summed E-state index contributed by atoms with van der Waals surface area (Å²) in [7, 11) is -4.96. The second-order valence-electron chi connectivity index (χ2n) is 4.10. The van der Waals surface area contributed by atoms with Crippen molar-refractivity contribution in [3.8, 4) is 5.75 Å². The number of carbonyl (C=O) groups excluding carboxylic acids is 1. The Labute approximate surface area is 150 Å². The lowest BCUT2D eigenvalue weighted by Crippen LogP contribution is -2.49. The maximum absolute atomic E-state index is 12.7. The number of halogens is 5. The van der Waals surface area contributed by atoms with E-state index in [1.807, 2.05) is 0 Å². The van der Waals surface area contributed by atoms with Crippen molar-refractivity contribution in [3.63, 3.8) is 0 Å². The van der Waals surface area contributed by atoms with Gasteiger partial charge in [-0.05, 0) is 57.3 Å². The Morgan fingerprint density at radius 1 is 1.32 bits per heavy atom. The number of benzene rings is 1. The molecule has 1 unspecified atom stereocenters. The number of phenolic OH excluding ortho intramolecular Hbond substituents is 1. The highest BCUT2D eigenvalue weighted by atomic mass is 127. The van der Waals surface area contributed by atoms with Gasteiger partial charge < -0.3 is 10.4 Å². The third kappa shape index (κ3) is 5.69. The summed E-state index contributed by atoms with van der Waals surface area (Å²) >= 11 is 3.49. The predicted octanol–water partition coefficient (Wildman–Crippen LogP) is 2.15. The van der Waals surface area contributed by atoms with Gasteiger partial charge in [0.15, 0.2) is 0 Å². The molecule has 0 spiro atoms. The van der Waals surface area contributed by atoms with Gasteiger partial charge >= 0.3 is 6.18 Å². The maximum atomic E-state index is 12.7. The number of alkyl halides is 3. The maximum Gasteiger partial charge on any atom is 0.409 e. The molecule has 6 nitrogen and oxygen atoms in total. The van der Waals surface area contributed by atoms with Crippen molar-refractivity contribution in [3.05, 3.63) is 24.8 Å². The average molecular weight is 565 g/mol. The number of hydrogen-bond donors (Lipinski definition) is 3. The lowest BCUT2D eigenvalue weighted by molar-refractivity contribution is -0.148. The molecule has 0 aliphatic heterocycles. The summed E-state index contributed by atoms with van der Waals surface area (Å²) in [6.45, 7) is 0. The highest BCUT2D eigenvalue weighted by Crippen LogP contribution is 2.28. The van der Waals surface area contributed by atoms with Gasteiger partial charge in [-0.1, -0.05) is 0 Å². The summed E-state index contributed by atoms with van der Waals surface area (Å²) in [5.74, 6) is -3.55. The van der Waals surface area contributed by atoms with E-state index in [0.717, 1.165) is 6.07 Å². The Morgan fingerprint density at radius 2 is 1.86 bits per heavy atom. The van der Waals surface area contributed by atoms with E-state index >= 15 is 0 Å². The molecule has 0 fully saturated rings. The largest absolute Gasteiger partial charge is 0.506 e. The Morgan fingerprint density at radius 3 is 2.32 bits per heavy atom. The van der Waals surface area contributed by atoms with Gasteiger partial charge in [-0.25, -0.2) is 0 Å². The first-order valence-corrected chi connectivity index (χ1v) is 9.08. The summed E-state index contributed by atoms with van der Waals surface area (Å²) in [5, 5.41) is 11.2. The summed E-state index contributed by atoms with van der Waals surface area (Å²) in [4.78, 5) is 11.9. The number of amides is 1. The molecule has 1 atom stereocenters. The smallest absolute Gasteiger partial charge is 0.409 e. The number of rotatable bonds is 4. The van der Waals surface area contributed by atoms with Crippen molar-refractivity contribution in [2.24, 2.45) is 0 Å². The highest BCUT2D eigenvalue weighted by Gasteiger charge is 2.43. The van der Waals surface area contributed by atoms with Crippen LogP contribution in [0, 0.1) is 7.14 Å². The van der Waals surface area contributed by atoms with Crippen LogP contribution < -0.4 is 5.32 Å². The van der Waals surface area contributed by atoms with Crippen molar-refractivity contribution in [1.29, 1.82) is 0 Å². The molecule has 0 heterocycles. The molecule has 0 saturated heterocycles. The highest BCUT2D eigenvalue weighted by molar-refractivity contribution is 14.1. The van der Waals surface area contributed by atoms with Crippen molar-refractivity contribution in [1.82, 2.24) is 5.32 Å². The first-order valence-electron chi connectivity index (χ1n) is 5.32. The van der Waals surface area contributed by atoms with Crippen molar-refractivity contribution >= 4 is 61.2 Å². The Hall–Kier alpha value is -0.350. The Kier molecular flexibility index (Phi) is 6.30. The molecule has 124 valence electrons. The molecule has 1 aromatic rings. The van der Waals surface area contributed by atoms with Crippen LogP contribution in [-0.2, 0) is 10.1 Å². The van der Waals surface area contributed by atoms with Crippen LogP contribution >= 0.6 is 45.2 Å². The van der Waals surface area contributed by atoms with Gasteiger partial charge in [0.25, 0.3) is 16.0 Å². The Bertz CT molecular complexity index is 693. The first-order chi connectivity index (χ1) is 9.81. The van der Waals surface area contributed by atoms with E-state index in [1.54, 1.807) is 45.2 Å². The minimum Gasteiger partial charge on any atom is -0.506 e. The molecule has 0 aliphatic rings. The van der Waals surface area contributed by atoms with Gasteiger partial charge in [-0.2, -0.15) is 21.6 Å². The molecule has 0 saturated carbocycles. The number of aromatic hydroxyl groups is 1. The van der Waals surface area contributed by atoms with E-state index in [0.29, 0.717) is 3.57 Å². The SMILES string of the molecule is O=C(NC(CS(=O)(=O)O)C(F)(F)F)c1cc(I)cc(I)c1O. The van der Waals surface area contributed by atoms with E-state index in [4.69, 9.17) is 4.55 Å². The minimum absolute atomic E-state index is 0.244. The predicted molar refractivity (Wildman–Crippen MR) is 87.3 cm³/mol. The third-order valence-electron chi connectivity index (χ3n) is 2.35. The molecule has 0 radical (unpaired) electrons. The molecular formula is C10H8F3I2NO5S. The molecular weight excluding hydrogens is 557 g/mol. The second-order valence-corrected chi connectivity index (χ2v) is 8.01. The summed E-state index contributed by atoms with van der Waals surface area (Å²) in [5.41, 5.74) is -0.430. The van der Waals surface area contributed by atoms with E-state index in [9.17, 15) is 31.5 Å². The van der Waals surface area contributed by atoms with Crippen LogP contribution in [0.1, 0.15) is 10.4 Å². The van der Waals surface area contributed by atoms with Crippen LogP contribution in [0.3, 0.4) is 0 Å². The monoisotopic (exact) mass is 565 g/mol. The topological polar surface area (TPSA) is 104 Å². The van der Waals surface area contributed by atoms with Gasteiger partial charge in [0.05, 0.1) is 9.13 Å². The fraction of sp³-hybridized carbons (Fsp3) is 0.300. The van der Waals surface area contributed by atoms with Gasteiger partial charge in [0, 0.05) is 3.57 Å². The van der Waals surface area contributed by atoms with Crippen LogP contribution in [0.2, 0.25) is 0 Å². The number of hydrogen-bond acceptors (Lipinski definition) is 4.